The normalized spacial score (nSPS) is 22.6. The topological polar surface area (TPSA) is 39.7 Å². The standard InChI is InChI=1S/C5H9N2/c6-5-2-1-3-7-4-5/h6H,1-4H2/q-1/p+1. The van der Waals surface area contributed by atoms with Gasteiger partial charge in [0.25, 0.3) is 0 Å². The van der Waals surface area contributed by atoms with Gasteiger partial charge >= 0.3 is 0 Å². The summed E-state index contributed by atoms with van der Waals surface area (Å²) in [6.07, 6.45) is 2.25. The van der Waals surface area contributed by atoms with Gasteiger partial charge in [0.15, 0.2) is 0 Å². The quantitative estimate of drug-likeness (QED) is 0.418. The molecule has 1 saturated heterocycles. The van der Waals surface area contributed by atoms with E-state index in [9.17, 15) is 0 Å². The van der Waals surface area contributed by atoms with Gasteiger partial charge in [-0.1, -0.05) is 13.0 Å². The Labute approximate surface area is 43.4 Å². The predicted molar refractivity (Wildman–Crippen MR) is 29.3 cm³/mol. The van der Waals surface area contributed by atoms with Crippen molar-refractivity contribution in [2.24, 2.45) is 0 Å². The maximum Gasteiger partial charge on any atom is 0.128 e. The lowest BCUT2D eigenvalue weighted by Crippen LogP contribution is -2.43. The minimum absolute atomic E-state index is 0.806. The van der Waals surface area contributed by atoms with Crippen LogP contribution in [0.2, 0.25) is 0 Å². The van der Waals surface area contributed by atoms with Gasteiger partial charge in [-0.15, -0.1) is 6.54 Å². The molecule has 0 amide bonds. The van der Waals surface area contributed by atoms with Crippen LogP contribution >= 0.6 is 0 Å². The summed E-state index contributed by atoms with van der Waals surface area (Å²) in [7, 11) is 0. The van der Waals surface area contributed by atoms with E-state index < -0.39 is 0 Å². The van der Waals surface area contributed by atoms with Gasteiger partial charge in [0.2, 0.25) is 0 Å². The fourth-order valence-electron chi connectivity index (χ4n) is 0.720. The SMILES string of the molecule is [NH2+]=C1CCC[N-]C1. The smallest absolute Gasteiger partial charge is 0.128 e. The van der Waals surface area contributed by atoms with Gasteiger partial charge in [0, 0.05) is 6.42 Å². The Balaban J connectivity index is 2.25. The molecule has 0 radical (unpaired) electrons. The average molecular weight is 98.1 g/mol. The summed E-state index contributed by atoms with van der Waals surface area (Å²) in [6, 6.07) is 0. The van der Waals surface area contributed by atoms with E-state index in [0.29, 0.717) is 0 Å². The summed E-state index contributed by atoms with van der Waals surface area (Å²) in [5.74, 6) is 0. The second kappa shape index (κ2) is 2.07. The van der Waals surface area contributed by atoms with Gasteiger partial charge in [-0.05, 0) is 0 Å². The monoisotopic (exact) mass is 98.1 g/mol. The fourth-order valence-corrected chi connectivity index (χ4v) is 0.720. The highest BCUT2D eigenvalue weighted by Gasteiger charge is 1.97. The van der Waals surface area contributed by atoms with Crippen LogP contribution in [0.15, 0.2) is 0 Å². The average Bonchev–Trinajstić information content (AvgIpc) is 1.69. The molecule has 1 rings (SSSR count). The largest absolute Gasteiger partial charge is 0.654 e. The fraction of sp³-hybridized carbons (Fsp3) is 0.800. The molecule has 0 unspecified atom stereocenters. The van der Waals surface area contributed by atoms with E-state index in [1.165, 1.54) is 0 Å². The molecule has 2 nitrogen and oxygen atoms in total. The minimum Gasteiger partial charge on any atom is -0.654 e. The van der Waals surface area contributed by atoms with Crippen molar-refractivity contribution in [1.82, 2.24) is 0 Å². The minimum atomic E-state index is 0.806. The molecule has 1 aliphatic heterocycles. The number of nitrogens with two attached hydrogens (primary N) is 1. The lowest BCUT2D eigenvalue weighted by molar-refractivity contribution is -0.117. The molecule has 0 bridgehead atoms. The molecule has 0 saturated carbocycles. The van der Waals surface area contributed by atoms with Gasteiger partial charge in [-0.3, -0.25) is 5.41 Å². The first kappa shape index (κ1) is 4.78. The van der Waals surface area contributed by atoms with E-state index in [-0.39, 0.29) is 0 Å². The van der Waals surface area contributed by atoms with Gasteiger partial charge in [-0.25, -0.2) is 0 Å². The van der Waals surface area contributed by atoms with Crippen molar-refractivity contribution in [3.63, 3.8) is 0 Å². The molecule has 0 aromatic heterocycles. The Morgan fingerprint density at radius 3 is 2.71 bits per heavy atom. The maximum atomic E-state index is 5.46. The van der Waals surface area contributed by atoms with Crippen LogP contribution in [0, 0.1) is 0 Å². The van der Waals surface area contributed by atoms with Crippen LogP contribution in [0.1, 0.15) is 12.8 Å². The first-order valence-electron chi connectivity index (χ1n) is 2.63. The van der Waals surface area contributed by atoms with Crippen molar-refractivity contribution < 1.29 is 5.41 Å². The van der Waals surface area contributed by atoms with E-state index in [1.54, 1.807) is 0 Å². The Morgan fingerprint density at radius 2 is 2.43 bits per heavy atom. The number of rotatable bonds is 0. The van der Waals surface area contributed by atoms with E-state index >= 15 is 0 Å². The van der Waals surface area contributed by atoms with Crippen molar-refractivity contribution >= 4 is 5.71 Å². The predicted octanol–water partition coefficient (Wildman–Crippen LogP) is -0.646. The highest BCUT2D eigenvalue weighted by molar-refractivity contribution is 5.83. The molecule has 1 heterocycles. The molecular weight excluding hydrogens is 88.1 g/mol. The molecule has 0 aromatic carbocycles. The molecule has 7 heavy (non-hydrogen) atoms. The Hall–Kier alpha value is -0.370. The third-order valence-electron chi connectivity index (χ3n) is 1.13. The zero-order valence-corrected chi connectivity index (χ0v) is 4.35. The highest BCUT2D eigenvalue weighted by Crippen LogP contribution is 2.02. The van der Waals surface area contributed by atoms with Gasteiger partial charge < -0.3 is 5.32 Å². The van der Waals surface area contributed by atoms with Crippen LogP contribution in [0.3, 0.4) is 0 Å². The number of nitrogens with zero attached hydrogens (tertiary/aromatic N) is 1. The Bertz CT molecular complexity index is 70.1. The molecule has 2 N–H and O–H groups in total. The summed E-state index contributed by atoms with van der Waals surface area (Å²) < 4.78 is 0. The van der Waals surface area contributed by atoms with Crippen LogP contribution in [-0.2, 0) is 0 Å². The van der Waals surface area contributed by atoms with Gasteiger partial charge in [0.1, 0.15) is 5.71 Å². The van der Waals surface area contributed by atoms with Gasteiger partial charge in [0.05, 0.1) is 0 Å². The molecule has 0 aromatic rings. The van der Waals surface area contributed by atoms with E-state index in [1.807, 2.05) is 0 Å². The second-order valence-corrected chi connectivity index (χ2v) is 1.87. The third kappa shape index (κ3) is 1.27. The van der Waals surface area contributed by atoms with Crippen molar-refractivity contribution in [3.05, 3.63) is 5.32 Å². The molecule has 1 aliphatic rings. The van der Waals surface area contributed by atoms with E-state index in [4.69, 9.17) is 5.41 Å². The summed E-state index contributed by atoms with van der Waals surface area (Å²) in [6.45, 7) is 1.82. The molecule has 0 atom stereocenters. The molecule has 0 spiro atoms. The number of piperidine rings is 1. The first-order chi connectivity index (χ1) is 3.39. The van der Waals surface area contributed by atoms with Crippen LogP contribution < -0.4 is 5.41 Å². The van der Waals surface area contributed by atoms with E-state index in [2.05, 4.69) is 5.32 Å². The van der Waals surface area contributed by atoms with Crippen LogP contribution in [-0.4, -0.2) is 18.8 Å². The zero-order valence-electron chi connectivity index (χ0n) is 4.35. The lowest BCUT2D eigenvalue weighted by atomic mass is 10.1. The maximum absolute atomic E-state index is 5.46. The zero-order chi connectivity index (χ0) is 5.11. The van der Waals surface area contributed by atoms with E-state index in [0.717, 1.165) is 31.6 Å². The van der Waals surface area contributed by atoms with Crippen LogP contribution in [0.25, 0.3) is 5.32 Å². The molecule has 0 aliphatic carbocycles. The molecular formula is C5H10N2. The summed E-state index contributed by atoms with van der Waals surface area (Å²) in [4.78, 5) is 0. The van der Waals surface area contributed by atoms with Crippen LogP contribution in [0.5, 0.6) is 0 Å². The highest BCUT2D eigenvalue weighted by atomic mass is 14.9. The number of hydrogen-bond donors (Lipinski definition) is 1. The lowest BCUT2D eigenvalue weighted by Gasteiger charge is -2.21. The van der Waals surface area contributed by atoms with Crippen molar-refractivity contribution in [2.75, 3.05) is 13.1 Å². The van der Waals surface area contributed by atoms with Crippen molar-refractivity contribution in [1.29, 1.82) is 0 Å². The summed E-state index contributed by atoms with van der Waals surface area (Å²) in [5.41, 5.74) is 1.05. The molecule has 40 valence electrons. The molecule has 1 fully saturated rings. The van der Waals surface area contributed by atoms with Crippen molar-refractivity contribution in [2.45, 2.75) is 12.8 Å². The second-order valence-electron chi connectivity index (χ2n) is 1.87. The number of hydrogen-bond acceptors (Lipinski definition) is 0. The van der Waals surface area contributed by atoms with Crippen molar-refractivity contribution in [3.8, 4) is 0 Å². The third-order valence-corrected chi connectivity index (χ3v) is 1.13. The molecule has 2 heteroatoms. The Morgan fingerprint density at radius 1 is 1.57 bits per heavy atom. The van der Waals surface area contributed by atoms with Gasteiger partial charge in [-0.2, -0.15) is 0 Å². The first-order valence-corrected chi connectivity index (χ1v) is 2.63. The van der Waals surface area contributed by atoms with Crippen LogP contribution in [0.4, 0.5) is 0 Å². The Kier molecular flexibility index (Phi) is 1.42. The summed E-state index contributed by atoms with van der Waals surface area (Å²) in [5, 5.41) is 9.55. The summed E-state index contributed by atoms with van der Waals surface area (Å²) >= 11 is 0.